The second kappa shape index (κ2) is 5.21. The summed E-state index contributed by atoms with van der Waals surface area (Å²) >= 11 is 0. The molecule has 19 heavy (non-hydrogen) atoms. The molecule has 0 spiro atoms. The quantitative estimate of drug-likeness (QED) is 0.786. The summed E-state index contributed by atoms with van der Waals surface area (Å²) < 4.78 is 4.82. The number of benzene rings is 1. The molecule has 0 saturated heterocycles. The average Bonchev–Trinajstić information content (AvgIpc) is 2.75. The van der Waals surface area contributed by atoms with Crippen LogP contribution in [-0.2, 0) is 0 Å². The van der Waals surface area contributed by atoms with Gasteiger partial charge >= 0.3 is 12.0 Å². The van der Waals surface area contributed by atoms with Crippen molar-refractivity contribution in [2.75, 3.05) is 10.6 Å². The number of aromatic nitrogens is 1. The van der Waals surface area contributed by atoms with Crippen LogP contribution in [0.3, 0.4) is 0 Å². The highest BCUT2D eigenvalue weighted by atomic mass is 16.5. The Morgan fingerprint density at radius 3 is 2.42 bits per heavy atom. The third-order valence-electron chi connectivity index (χ3n) is 2.25. The molecule has 0 radical (unpaired) electrons. The van der Waals surface area contributed by atoms with Gasteiger partial charge in [-0.05, 0) is 31.2 Å². The normalized spacial score (nSPS) is 9.95. The Hall–Kier alpha value is -2.83. The number of hydrogen-bond donors (Lipinski definition) is 3. The molecule has 0 saturated carbocycles. The van der Waals surface area contributed by atoms with Gasteiger partial charge < -0.3 is 14.9 Å². The zero-order valence-corrected chi connectivity index (χ0v) is 10.0. The number of anilines is 2. The van der Waals surface area contributed by atoms with Gasteiger partial charge in [-0.25, -0.2) is 9.59 Å². The Balaban J connectivity index is 1.97. The molecule has 0 bridgehead atoms. The maximum atomic E-state index is 11.6. The van der Waals surface area contributed by atoms with E-state index in [1.54, 1.807) is 13.0 Å². The van der Waals surface area contributed by atoms with Crippen LogP contribution < -0.4 is 10.6 Å². The van der Waals surface area contributed by atoms with Gasteiger partial charge in [0.25, 0.3) is 0 Å². The summed E-state index contributed by atoms with van der Waals surface area (Å²) in [5.41, 5.74) is 1.27. The molecule has 7 nitrogen and oxygen atoms in total. The van der Waals surface area contributed by atoms with Crippen LogP contribution in [0.5, 0.6) is 0 Å². The van der Waals surface area contributed by atoms with E-state index >= 15 is 0 Å². The van der Waals surface area contributed by atoms with Crippen LogP contribution in [0.15, 0.2) is 34.9 Å². The number of carbonyl (C=O) groups excluding carboxylic acids is 1. The van der Waals surface area contributed by atoms with E-state index in [9.17, 15) is 9.59 Å². The predicted molar refractivity (Wildman–Crippen MR) is 67.3 cm³/mol. The Labute approximate surface area is 108 Å². The molecule has 3 N–H and O–H groups in total. The molecule has 1 heterocycles. The number of aromatic carboxylic acids is 1. The summed E-state index contributed by atoms with van der Waals surface area (Å²) in [5, 5.41) is 17.3. The van der Waals surface area contributed by atoms with Crippen LogP contribution in [-0.4, -0.2) is 22.3 Å². The molecule has 0 unspecified atom stereocenters. The smallest absolute Gasteiger partial charge is 0.335 e. The lowest BCUT2D eigenvalue weighted by Crippen LogP contribution is -2.19. The summed E-state index contributed by atoms with van der Waals surface area (Å²) in [6.07, 6.45) is 0. The fourth-order valence-corrected chi connectivity index (χ4v) is 1.39. The topological polar surface area (TPSA) is 104 Å². The number of carbonyl (C=O) groups is 2. The van der Waals surface area contributed by atoms with Crippen molar-refractivity contribution >= 4 is 23.6 Å². The predicted octanol–water partition coefficient (Wildman–Crippen LogP) is 2.33. The zero-order valence-electron chi connectivity index (χ0n) is 10.0. The molecule has 0 fully saturated rings. The highest BCUT2D eigenvalue weighted by Gasteiger charge is 2.07. The monoisotopic (exact) mass is 261 g/mol. The minimum atomic E-state index is -1.02. The third-order valence-corrected chi connectivity index (χ3v) is 2.25. The van der Waals surface area contributed by atoms with Gasteiger partial charge in [-0.1, -0.05) is 5.16 Å². The minimum Gasteiger partial charge on any atom is -0.478 e. The van der Waals surface area contributed by atoms with Crippen molar-refractivity contribution in [3.8, 4) is 0 Å². The first-order chi connectivity index (χ1) is 9.04. The van der Waals surface area contributed by atoms with E-state index < -0.39 is 12.0 Å². The van der Waals surface area contributed by atoms with Crippen LogP contribution in [0, 0.1) is 6.92 Å². The lowest BCUT2D eigenvalue weighted by molar-refractivity contribution is 0.0697. The maximum Gasteiger partial charge on any atom is 0.335 e. The van der Waals surface area contributed by atoms with Crippen LogP contribution >= 0.6 is 0 Å². The first kappa shape index (κ1) is 12.6. The number of hydrogen-bond acceptors (Lipinski definition) is 4. The number of nitrogens with zero attached hydrogens (tertiary/aromatic N) is 1. The van der Waals surface area contributed by atoms with Gasteiger partial charge in [0.15, 0.2) is 0 Å². The SMILES string of the molecule is Cc1cc(NC(=O)Nc2ccc(C(=O)O)cc2)on1. The van der Waals surface area contributed by atoms with Gasteiger partial charge in [-0.3, -0.25) is 5.32 Å². The molecule has 98 valence electrons. The fraction of sp³-hybridized carbons (Fsp3) is 0.0833. The van der Waals surface area contributed by atoms with Crippen LogP contribution in [0.2, 0.25) is 0 Å². The molecule has 1 aromatic heterocycles. The molecular formula is C12H11N3O4. The van der Waals surface area contributed by atoms with E-state index in [0.717, 1.165) is 0 Å². The highest BCUT2D eigenvalue weighted by Crippen LogP contribution is 2.12. The molecule has 0 aliphatic carbocycles. The summed E-state index contributed by atoms with van der Waals surface area (Å²) in [4.78, 5) is 22.2. The second-order valence-corrected chi connectivity index (χ2v) is 3.79. The number of aryl methyl sites for hydroxylation is 1. The number of rotatable bonds is 3. The maximum absolute atomic E-state index is 11.6. The van der Waals surface area contributed by atoms with Gasteiger partial charge in [0.1, 0.15) is 0 Å². The van der Waals surface area contributed by atoms with Gasteiger partial charge in [0, 0.05) is 11.8 Å². The minimum absolute atomic E-state index is 0.150. The van der Waals surface area contributed by atoms with Crippen LogP contribution in [0.1, 0.15) is 16.1 Å². The van der Waals surface area contributed by atoms with Gasteiger partial charge in [0.05, 0.1) is 11.3 Å². The molecule has 2 rings (SSSR count). The Bertz CT molecular complexity index is 604. The molecule has 2 amide bonds. The lowest BCUT2D eigenvalue weighted by Gasteiger charge is -2.05. The van der Waals surface area contributed by atoms with E-state index in [0.29, 0.717) is 11.4 Å². The van der Waals surface area contributed by atoms with Crippen molar-refractivity contribution < 1.29 is 19.2 Å². The van der Waals surface area contributed by atoms with Gasteiger partial charge in [-0.2, -0.15) is 0 Å². The fourth-order valence-electron chi connectivity index (χ4n) is 1.39. The Morgan fingerprint density at radius 2 is 1.89 bits per heavy atom. The van der Waals surface area contributed by atoms with Gasteiger partial charge in [-0.15, -0.1) is 0 Å². The van der Waals surface area contributed by atoms with Crippen molar-refractivity contribution in [2.45, 2.75) is 6.92 Å². The summed E-state index contributed by atoms with van der Waals surface area (Å²) in [7, 11) is 0. The molecular weight excluding hydrogens is 250 g/mol. The third kappa shape index (κ3) is 3.32. The Morgan fingerprint density at radius 1 is 1.21 bits per heavy atom. The van der Waals surface area contributed by atoms with Crippen molar-refractivity contribution in [3.05, 3.63) is 41.6 Å². The standard InChI is InChI=1S/C12H11N3O4/c1-7-6-10(19-15-7)14-12(18)13-9-4-2-8(3-5-9)11(16)17/h2-6H,1H3,(H,16,17)(H2,13,14,18). The lowest BCUT2D eigenvalue weighted by atomic mass is 10.2. The van der Waals surface area contributed by atoms with Crippen molar-refractivity contribution in [3.63, 3.8) is 0 Å². The first-order valence-electron chi connectivity index (χ1n) is 5.39. The largest absolute Gasteiger partial charge is 0.478 e. The van der Waals surface area contributed by atoms with E-state index in [-0.39, 0.29) is 11.4 Å². The van der Waals surface area contributed by atoms with Crippen LogP contribution in [0.4, 0.5) is 16.4 Å². The number of carboxylic acid groups (broad SMARTS) is 1. The molecule has 7 heteroatoms. The van der Waals surface area contributed by atoms with E-state index in [2.05, 4.69) is 15.8 Å². The Kier molecular flexibility index (Phi) is 3.46. The van der Waals surface area contributed by atoms with Gasteiger partial charge in [0.2, 0.25) is 5.88 Å². The summed E-state index contributed by atoms with van der Waals surface area (Å²) in [6, 6.07) is 6.86. The number of urea groups is 1. The van der Waals surface area contributed by atoms with Crippen molar-refractivity contribution in [1.29, 1.82) is 0 Å². The van der Waals surface area contributed by atoms with Crippen molar-refractivity contribution in [1.82, 2.24) is 5.16 Å². The number of nitrogens with one attached hydrogen (secondary N) is 2. The molecule has 1 aromatic carbocycles. The number of amides is 2. The molecule has 0 aliphatic heterocycles. The average molecular weight is 261 g/mol. The van der Waals surface area contributed by atoms with E-state index in [1.807, 2.05) is 0 Å². The highest BCUT2D eigenvalue weighted by molar-refractivity contribution is 5.99. The second-order valence-electron chi connectivity index (χ2n) is 3.79. The first-order valence-corrected chi connectivity index (χ1v) is 5.39. The molecule has 0 atom stereocenters. The molecule has 2 aromatic rings. The summed E-state index contributed by atoms with van der Waals surface area (Å²) in [5.74, 6) is -0.787. The van der Waals surface area contributed by atoms with E-state index in [4.69, 9.17) is 9.63 Å². The van der Waals surface area contributed by atoms with E-state index in [1.165, 1.54) is 24.3 Å². The van der Waals surface area contributed by atoms with Crippen LogP contribution in [0.25, 0.3) is 0 Å². The zero-order chi connectivity index (χ0) is 13.8. The molecule has 0 aliphatic rings. The van der Waals surface area contributed by atoms with Crippen molar-refractivity contribution in [2.24, 2.45) is 0 Å². The summed E-state index contributed by atoms with van der Waals surface area (Å²) in [6.45, 7) is 1.73. The number of carboxylic acids is 1.